The first kappa shape index (κ1) is 13.3. The molecule has 0 aromatic carbocycles. The maximum Gasteiger partial charge on any atom is 0.226 e. The summed E-state index contributed by atoms with van der Waals surface area (Å²) >= 11 is 9.35. The molecule has 18 heavy (non-hydrogen) atoms. The van der Waals surface area contributed by atoms with Gasteiger partial charge in [-0.3, -0.25) is 4.79 Å². The van der Waals surface area contributed by atoms with Gasteiger partial charge in [-0.25, -0.2) is 4.98 Å². The Balaban J connectivity index is 2.56. The minimum atomic E-state index is -1.07. The molecule has 1 amide bonds. The van der Waals surface area contributed by atoms with E-state index in [9.17, 15) is 4.79 Å². The van der Waals surface area contributed by atoms with Crippen LogP contribution in [0.4, 0.5) is 0 Å². The van der Waals surface area contributed by atoms with E-state index in [-0.39, 0.29) is 5.15 Å². The van der Waals surface area contributed by atoms with Crippen LogP contribution in [-0.4, -0.2) is 10.9 Å². The van der Waals surface area contributed by atoms with Gasteiger partial charge >= 0.3 is 0 Å². The van der Waals surface area contributed by atoms with Crippen molar-refractivity contribution in [3.8, 4) is 0 Å². The maximum atomic E-state index is 11.6. The number of carbonyl (C=O) groups is 1. The van der Waals surface area contributed by atoms with Gasteiger partial charge in [0.2, 0.25) is 5.91 Å². The van der Waals surface area contributed by atoms with Crippen molar-refractivity contribution in [2.75, 3.05) is 0 Å². The summed E-state index contributed by atoms with van der Waals surface area (Å²) in [7, 11) is 0. The Morgan fingerprint density at radius 3 is 2.89 bits per heavy atom. The average molecular weight is 329 g/mol. The predicted octanol–water partition coefficient (Wildman–Crippen LogP) is 1.84. The van der Waals surface area contributed by atoms with Crippen molar-refractivity contribution in [2.45, 2.75) is 5.54 Å². The zero-order valence-corrected chi connectivity index (χ0v) is 11.6. The maximum absolute atomic E-state index is 11.6. The van der Waals surface area contributed by atoms with Crippen LogP contribution in [0, 0.1) is 5.92 Å². The number of rotatable bonds is 2. The number of carbonyl (C=O) groups excluding carboxylic acids is 1. The van der Waals surface area contributed by atoms with Crippen LogP contribution >= 0.6 is 27.5 Å². The molecule has 1 aromatic heterocycles. The monoisotopic (exact) mass is 327 g/mol. The van der Waals surface area contributed by atoms with Gasteiger partial charge in [-0.2, -0.15) is 0 Å². The summed E-state index contributed by atoms with van der Waals surface area (Å²) in [6, 6.07) is 3.46. The summed E-state index contributed by atoms with van der Waals surface area (Å²) in [5.41, 5.74) is 11.2. The average Bonchev–Trinajstić information content (AvgIpc) is 2.32. The first-order valence-electron chi connectivity index (χ1n) is 5.21. The highest BCUT2D eigenvalue weighted by Gasteiger charge is 2.40. The van der Waals surface area contributed by atoms with Crippen molar-refractivity contribution < 1.29 is 4.79 Å². The molecule has 4 N–H and O–H groups in total. The van der Waals surface area contributed by atoms with E-state index in [4.69, 9.17) is 23.1 Å². The van der Waals surface area contributed by atoms with Gasteiger partial charge < -0.3 is 11.5 Å². The Hall–Kier alpha value is -1.17. The standard InChI is InChI=1S/C12H11BrClN3O/c13-7-3-4-12(16,9(6-7)11(15)18)8-2-1-5-17-10(8)14/h1-6,9H,16H2,(H2,15,18). The molecule has 2 atom stereocenters. The van der Waals surface area contributed by atoms with Crippen LogP contribution in [-0.2, 0) is 10.3 Å². The van der Waals surface area contributed by atoms with Crippen molar-refractivity contribution in [2.24, 2.45) is 17.4 Å². The lowest BCUT2D eigenvalue weighted by Crippen LogP contribution is -2.48. The Morgan fingerprint density at radius 1 is 1.56 bits per heavy atom. The fraction of sp³-hybridized carbons (Fsp3) is 0.167. The van der Waals surface area contributed by atoms with E-state index in [1.54, 1.807) is 36.6 Å². The van der Waals surface area contributed by atoms with Crippen LogP contribution in [0.3, 0.4) is 0 Å². The molecule has 0 saturated heterocycles. The number of primary amides is 1. The molecule has 0 radical (unpaired) electrons. The molecule has 1 aliphatic rings. The van der Waals surface area contributed by atoms with Crippen molar-refractivity contribution in [1.82, 2.24) is 4.98 Å². The quantitative estimate of drug-likeness (QED) is 0.813. The fourth-order valence-corrected chi connectivity index (χ4v) is 2.64. The minimum absolute atomic E-state index is 0.266. The van der Waals surface area contributed by atoms with Gasteiger partial charge in [0.1, 0.15) is 5.15 Å². The van der Waals surface area contributed by atoms with E-state index in [2.05, 4.69) is 20.9 Å². The summed E-state index contributed by atoms with van der Waals surface area (Å²) in [5.74, 6) is -1.20. The molecule has 2 rings (SSSR count). The molecule has 1 heterocycles. The topological polar surface area (TPSA) is 82.0 Å². The van der Waals surface area contributed by atoms with Crippen molar-refractivity contribution >= 4 is 33.4 Å². The van der Waals surface area contributed by atoms with Crippen LogP contribution in [0.15, 0.2) is 41.0 Å². The number of amides is 1. The van der Waals surface area contributed by atoms with Gasteiger partial charge in [-0.05, 0) is 6.07 Å². The highest BCUT2D eigenvalue weighted by atomic mass is 79.9. The summed E-state index contributed by atoms with van der Waals surface area (Å²) < 4.78 is 0.757. The number of pyridine rings is 1. The Labute approximate surface area is 118 Å². The zero-order valence-electron chi connectivity index (χ0n) is 9.31. The molecular weight excluding hydrogens is 318 g/mol. The molecule has 0 aliphatic heterocycles. The van der Waals surface area contributed by atoms with E-state index >= 15 is 0 Å². The van der Waals surface area contributed by atoms with Crippen LogP contribution < -0.4 is 11.5 Å². The number of nitrogens with zero attached hydrogens (tertiary/aromatic N) is 1. The lowest BCUT2D eigenvalue weighted by molar-refractivity contribution is -0.121. The van der Waals surface area contributed by atoms with Gasteiger partial charge in [0, 0.05) is 16.2 Å². The van der Waals surface area contributed by atoms with Crippen LogP contribution in [0.5, 0.6) is 0 Å². The minimum Gasteiger partial charge on any atom is -0.369 e. The molecule has 1 aliphatic carbocycles. The summed E-state index contributed by atoms with van der Waals surface area (Å²) in [6.45, 7) is 0. The number of halogens is 2. The van der Waals surface area contributed by atoms with Gasteiger partial charge in [0.15, 0.2) is 0 Å². The van der Waals surface area contributed by atoms with Gasteiger partial charge in [-0.1, -0.05) is 51.8 Å². The van der Waals surface area contributed by atoms with Crippen LogP contribution in [0.25, 0.3) is 0 Å². The Bertz CT molecular complexity index is 558. The third-order valence-electron chi connectivity index (χ3n) is 2.89. The van der Waals surface area contributed by atoms with Crippen molar-refractivity contribution in [3.05, 3.63) is 51.8 Å². The zero-order chi connectivity index (χ0) is 13.3. The highest BCUT2D eigenvalue weighted by Crippen LogP contribution is 2.37. The SMILES string of the molecule is NC(=O)C1C=C(Br)C=CC1(N)c1cccnc1Cl. The second-order valence-electron chi connectivity index (χ2n) is 4.04. The number of hydrogen-bond acceptors (Lipinski definition) is 3. The van der Waals surface area contributed by atoms with E-state index in [1.807, 2.05) is 0 Å². The largest absolute Gasteiger partial charge is 0.369 e. The summed E-state index contributed by atoms with van der Waals surface area (Å²) in [4.78, 5) is 15.6. The smallest absolute Gasteiger partial charge is 0.226 e. The molecule has 0 bridgehead atoms. The number of nitrogens with two attached hydrogens (primary N) is 2. The molecule has 6 heteroatoms. The molecule has 94 valence electrons. The molecular formula is C12H11BrClN3O. The highest BCUT2D eigenvalue weighted by molar-refractivity contribution is 9.11. The van der Waals surface area contributed by atoms with Crippen molar-refractivity contribution in [3.63, 3.8) is 0 Å². The van der Waals surface area contributed by atoms with Crippen molar-refractivity contribution in [1.29, 1.82) is 0 Å². The molecule has 2 unspecified atom stereocenters. The third-order valence-corrected chi connectivity index (χ3v) is 3.72. The number of hydrogen-bond donors (Lipinski definition) is 2. The summed E-state index contributed by atoms with van der Waals surface area (Å²) in [6.07, 6.45) is 6.70. The molecule has 0 saturated carbocycles. The lowest BCUT2D eigenvalue weighted by atomic mass is 9.76. The molecule has 0 fully saturated rings. The van der Waals surface area contributed by atoms with Gasteiger partial charge in [0.05, 0.1) is 11.5 Å². The van der Waals surface area contributed by atoms with E-state index in [0.717, 1.165) is 4.48 Å². The number of allylic oxidation sites excluding steroid dienone is 2. The second-order valence-corrected chi connectivity index (χ2v) is 5.31. The van der Waals surface area contributed by atoms with Crippen LogP contribution in [0.2, 0.25) is 5.15 Å². The van der Waals surface area contributed by atoms with Crippen LogP contribution in [0.1, 0.15) is 5.56 Å². The van der Waals surface area contributed by atoms with E-state index in [0.29, 0.717) is 5.56 Å². The normalized spacial score (nSPS) is 26.8. The first-order valence-corrected chi connectivity index (χ1v) is 6.38. The lowest BCUT2D eigenvalue weighted by Gasteiger charge is -2.34. The molecule has 4 nitrogen and oxygen atoms in total. The number of aromatic nitrogens is 1. The van der Waals surface area contributed by atoms with E-state index < -0.39 is 17.4 Å². The molecule has 0 spiro atoms. The third kappa shape index (κ3) is 2.21. The fourth-order valence-electron chi connectivity index (χ4n) is 1.96. The predicted molar refractivity (Wildman–Crippen MR) is 73.9 cm³/mol. The Morgan fingerprint density at radius 2 is 2.28 bits per heavy atom. The van der Waals surface area contributed by atoms with Gasteiger partial charge in [0.25, 0.3) is 0 Å². The molecule has 1 aromatic rings. The Kier molecular flexibility index (Phi) is 3.56. The van der Waals surface area contributed by atoms with Gasteiger partial charge in [-0.15, -0.1) is 0 Å². The summed E-state index contributed by atoms with van der Waals surface area (Å²) in [5, 5.41) is 0.266. The first-order chi connectivity index (χ1) is 8.45. The second kappa shape index (κ2) is 4.84. The van der Waals surface area contributed by atoms with E-state index in [1.165, 1.54) is 0 Å².